The molecule has 1 N–H and O–H groups in total. The van der Waals surface area contributed by atoms with Crippen LogP contribution < -0.4 is 5.32 Å². The molecule has 0 bridgehead atoms. The number of likely N-dealkylation sites (tertiary alicyclic amines) is 2. The van der Waals surface area contributed by atoms with E-state index in [1.54, 1.807) is 23.8 Å². The Kier molecular flexibility index (Phi) is 3.77. The monoisotopic (exact) mass is 346 g/mol. The summed E-state index contributed by atoms with van der Waals surface area (Å²) in [6.07, 6.45) is 2.39. The van der Waals surface area contributed by atoms with Gasteiger partial charge in [0, 0.05) is 39.0 Å². The van der Waals surface area contributed by atoms with Crippen LogP contribution in [-0.4, -0.2) is 65.2 Å². The molecule has 1 aromatic rings. The first kappa shape index (κ1) is 16.1. The molecule has 3 amide bonds. The Bertz CT molecular complexity index is 733. The Morgan fingerprint density at radius 3 is 2.60 bits per heavy atom. The van der Waals surface area contributed by atoms with Gasteiger partial charge < -0.3 is 19.5 Å². The molecule has 134 valence electrons. The summed E-state index contributed by atoms with van der Waals surface area (Å²) < 4.78 is 5.67. The van der Waals surface area contributed by atoms with E-state index in [0.29, 0.717) is 42.9 Å². The third-order valence-corrected chi connectivity index (χ3v) is 5.30. The number of nitrogens with zero attached hydrogens (tertiary/aromatic N) is 3. The van der Waals surface area contributed by atoms with Gasteiger partial charge in [-0.05, 0) is 19.8 Å². The number of amides is 3. The van der Waals surface area contributed by atoms with Gasteiger partial charge in [0.15, 0.2) is 5.89 Å². The van der Waals surface area contributed by atoms with Crippen molar-refractivity contribution in [1.29, 1.82) is 0 Å². The summed E-state index contributed by atoms with van der Waals surface area (Å²) in [5, 5.41) is 2.59. The first-order valence-corrected chi connectivity index (χ1v) is 8.75. The fourth-order valence-electron chi connectivity index (χ4n) is 3.55. The average molecular weight is 346 g/mol. The lowest BCUT2D eigenvalue weighted by atomic mass is 10.1. The standard InChI is InChI=1S/C17H22N4O4/c1-9-14(25-16(19-9)10-3-4-10)17(24)20-7-12(8-20)21-6-11(5-13(21)22)15(23)18-2/h10-12H,3-8H2,1-2H3,(H,18,23). The van der Waals surface area contributed by atoms with Crippen molar-refractivity contribution >= 4 is 17.7 Å². The molecule has 8 heteroatoms. The molecule has 1 saturated carbocycles. The smallest absolute Gasteiger partial charge is 0.291 e. The van der Waals surface area contributed by atoms with E-state index in [9.17, 15) is 14.4 Å². The first-order valence-electron chi connectivity index (χ1n) is 8.75. The van der Waals surface area contributed by atoms with Gasteiger partial charge in [-0.3, -0.25) is 14.4 Å². The van der Waals surface area contributed by atoms with E-state index >= 15 is 0 Å². The number of hydrogen-bond donors (Lipinski definition) is 1. The van der Waals surface area contributed by atoms with E-state index < -0.39 is 0 Å². The third-order valence-electron chi connectivity index (χ3n) is 5.30. The number of aromatic nitrogens is 1. The number of hydrogen-bond acceptors (Lipinski definition) is 5. The minimum absolute atomic E-state index is 0.0161. The maximum atomic E-state index is 12.6. The normalized spacial score (nSPS) is 23.8. The fourth-order valence-corrected chi connectivity index (χ4v) is 3.55. The molecule has 0 aromatic carbocycles. The summed E-state index contributed by atoms with van der Waals surface area (Å²) >= 11 is 0. The zero-order chi connectivity index (χ0) is 17.7. The Balaban J connectivity index is 1.36. The lowest BCUT2D eigenvalue weighted by molar-refractivity contribution is -0.132. The van der Waals surface area contributed by atoms with Crippen molar-refractivity contribution in [2.45, 2.75) is 38.1 Å². The first-order chi connectivity index (χ1) is 12.0. The van der Waals surface area contributed by atoms with E-state index in [1.165, 1.54) is 0 Å². The van der Waals surface area contributed by atoms with Crippen LogP contribution >= 0.6 is 0 Å². The number of carbonyl (C=O) groups excluding carboxylic acids is 3. The van der Waals surface area contributed by atoms with E-state index in [0.717, 1.165) is 12.8 Å². The largest absolute Gasteiger partial charge is 0.435 e. The molecule has 3 fully saturated rings. The van der Waals surface area contributed by atoms with Crippen molar-refractivity contribution in [3.63, 3.8) is 0 Å². The van der Waals surface area contributed by atoms with Gasteiger partial charge in [0.25, 0.3) is 5.91 Å². The van der Waals surface area contributed by atoms with Gasteiger partial charge in [0.1, 0.15) is 0 Å². The van der Waals surface area contributed by atoms with Gasteiger partial charge in [0.05, 0.1) is 17.7 Å². The summed E-state index contributed by atoms with van der Waals surface area (Å²) in [5.41, 5.74) is 0.632. The number of oxazole rings is 1. The van der Waals surface area contributed by atoms with Crippen molar-refractivity contribution in [3.8, 4) is 0 Å². The molecule has 1 unspecified atom stereocenters. The second kappa shape index (κ2) is 5.86. The zero-order valence-corrected chi connectivity index (χ0v) is 14.4. The summed E-state index contributed by atoms with van der Waals surface area (Å²) in [4.78, 5) is 44.2. The van der Waals surface area contributed by atoms with Gasteiger partial charge in [-0.2, -0.15) is 0 Å². The minimum atomic E-state index is -0.292. The van der Waals surface area contributed by atoms with Crippen LogP contribution in [0.3, 0.4) is 0 Å². The van der Waals surface area contributed by atoms with Gasteiger partial charge in [0.2, 0.25) is 17.6 Å². The van der Waals surface area contributed by atoms with Crippen LogP contribution in [0.25, 0.3) is 0 Å². The molecule has 3 heterocycles. The van der Waals surface area contributed by atoms with Crippen LogP contribution in [0.15, 0.2) is 4.42 Å². The molecular formula is C17H22N4O4. The van der Waals surface area contributed by atoms with Crippen molar-refractivity contribution in [2.24, 2.45) is 5.92 Å². The lowest BCUT2D eigenvalue weighted by Gasteiger charge is -2.43. The fraction of sp³-hybridized carbons (Fsp3) is 0.647. The summed E-state index contributed by atoms with van der Waals surface area (Å²) in [6.45, 7) is 3.17. The minimum Gasteiger partial charge on any atom is -0.435 e. The number of rotatable bonds is 4. The highest BCUT2D eigenvalue weighted by atomic mass is 16.4. The van der Waals surface area contributed by atoms with Crippen molar-refractivity contribution in [1.82, 2.24) is 20.1 Å². The van der Waals surface area contributed by atoms with Gasteiger partial charge in [-0.1, -0.05) is 0 Å². The van der Waals surface area contributed by atoms with Crippen LogP contribution in [-0.2, 0) is 9.59 Å². The molecule has 3 aliphatic rings. The molecule has 25 heavy (non-hydrogen) atoms. The number of carbonyl (C=O) groups is 3. The SMILES string of the molecule is CNC(=O)C1CC(=O)N(C2CN(C(=O)c3oc(C4CC4)nc3C)C2)C1. The van der Waals surface area contributed by atoms with Crippen molar-refractivity contribution in [3.05, 3.63) is 17.3 Å². The summed E-state index contributed by atoms with van der Waals surface area (Å²) in [5.74, 6) is 0.777. The van der Waals surface area contributed by atoms with Crippen LogP contribution in [0, 0.1) is 12.8 Å². The Hall–Kier alpha value is -2.38. The average Bonchev–Trinajstić information content (AvgIpc) is 3.23. The van der Waals surface area contributed by atoms with Crippen LogP contribution in [0.1, 0.15) is 47.3 Å². The molecule has 2 aliphatic heterocycles. The molecule has 0 radical (unpaired) electrons. The molecule has 0 spiro atoms. The Morgan fingerprint density at radius 1 is 1.24 bits per heavy atom. The highest BCUT2D eigenvalue weighted by molar-refractivity contribution is 5.93. The maximum absolute atomic E-state index is 12.6. The highest BCUT2D eigenvalue weighted by Gasteiger charge is 2.44. The Morgan fingerprint density at radius 2 is 1.96 bits per heavy atom. The zero-order valence-electron chi connectivity index (χ0n) is 14.4. The topological polar surface area (TPSA) is 95.8 Å². The lowest BCUT2D eigenvalue weighted by Crippen LogP contribution is -2.61. The summed E-state index contributed by atoms with van der Waals surface area (Å²) in [6, 6.07) is -0.0164. The predicted octanol–water partition coefficient (Wildman–Crippen LogP) is 0.279. The molecule has 8 nitrogen and oxygen atoms in total. The number of aryl methyl sites for hydroxylation is 1. The Labute approximate surface area is 145 Å². The van der Waals surface area contributed by atoms with E-state index in [-0.39, 0.29) is 36.1 Å². The van der Waals surface area contributed by atoms with Crippen LogP contribution in [0.4, 0.5) is 0 Å². The highest BCUT2D eigenvalue weighted by Crippen LogP contribution is 2.40. The predicted molar refractivity (Wildman–Crippen MR) is 86.8 cm³/mol. The molecule has 1 aliphatic carbocycles. The molecule has 4 rings (SSSR count). The van der Waals surface area contributed by atoms with Crippen molar-refractivity contribution in [2.75, 3.05) is 26.7 Å². The number of nitrogens with one attached hydrogen (secondary N) is 1. The molecule has 2 saturated heterocycles. The molecule has 1 atom stereocenters. The quantitative estimate of drug-likeness (QED) is 0.845. The van der Waals surface area contributed by atoms with E-state index in [4.69, 9.17) is 4.42 Å². The molecular weight excluding hydrogens is 324 g/mol. The van der Waals surface area contributed by atoms with E-state index in [2.05, 4.69) is 10.3 Å². The second-order valence-electron chi connectivity index (χ2n) is 7.17. The van der Waals surface area contributed by atoms with E-state index in [1.807, 2.05) is 0 Å². The van der Waals surface area contributed by atoms with Gasteiger partial charge >= 0.3 is 0 Å². The van der Waals surface area contributed by atoms with Crippen molar-refractivity contribution < 1.29 is 18.8 Å². The molecule has 1 aromatic heterocycles. The van der Waals surface area contributed by atoms with Crippen LogP contribution in [0.5, 0.6) is 0 Å². The second-order valence-corrected chi connectivity index (χ2v) is 7.17. The maximum Gasteiger partial charge on any atom is 0.291 e. The van der Waals surface area contributed by atoms with Gasteiger partial charge in [-0.25, -0.2) is 4.98 Å². The third kappa shape index (κ3) is 2.79. The van der Waals surface area contributed by atoms with Crippen LogP contribution in [0.2, 0.25) is 0 Å². The summed E-state index contributed by atoms with van der Waals surface area (Å²) in [7, 11) is 1.58. The van der Waals surface area contributed by atoms with Gasteiger partial charge in [-0.15, -0.1) is 0 Å².